The molecule has 1 unspecified atom stereocenters. The molecule has 128 valence electrons. The summed E-state index contributed by atoms with van der Waals surface area (Å²) in [6.07, 6.45) is 9.02. The van der Waals surface area contributed by atoms with Crippen LogP contribution in [-0.4, -0.2) is 41.5 Å². The van der Waals surface area contributed by atoms with Gasteiger partial charge in [0.15, 0.2) is 0 Å². The Labute approximate surface area is 139 Å². The molecule has 2 fully saturated rings. The number of piperidine rings is 1. The second kappa shape index (κ2) is 8.44. The number of nitrogens with zero attached hydrogens (tertiary/aromatic N) is 1. The predicted molar refractivity (Wildman–Crippen MR) is 93.0 cm³/mol. The average molecular weight is 329 g/mol. The molecule has 0 bridgehead atoms. The molecule has 22 heavy (non-hydrogen) atoms. The topological polar surface area (TPSA) is 41.6 Å². The quantitative estimate of drug-likeness (QED) is 0.785. The number of ether oxygens (including phenoxy) is 1. The van der Waals surface area contributed by atoms with Crippen LogP contribution in [0.15, 0.2) is 0 Å². The Morgan fingerprint density at radius 2 is 1.91 bits per heavy atom. The average Bonchev–Trinajstić information content (AvgIpc) is 2.47. The Morgan fingerprint density at radius 3 is 2.59 bits per heavy atom. The molecule has 0 aromatic heterocycles. The molecule has 2 aliphatic rings. The van der Waals surface area contributed by atoms with Crippen LogP contribution in [0.3, 0.4) is 0 Å². The van der Waals surface area contributed by atoms with Crippen LogP contribution in [0.2, 0.25) is 0 Å². The van der Waals surface area contributed by atoms with Crippen molar-refractivity contribution in [2.45, 2.75) is 76.6 Å². The van der Waals surface area contributed by atoms with Gasteiger partial charge in [0.25, 0.3) is 0 Å². The van der Waals surface area contributed by atoms with Crippen LogP contribution in [0.1, 0.15) is 65.7 Å². The molecule has 1 amide bonds. The highest BCUT2D eigenvalue weighted by molar-refractivity contribution is 7.98. The number of nitrogens with one attached hydrogen (secondary N) is 1. The van der Waals surface area contributed by atoms with E-state index < -0.39 is 5.60 Å². The fraction of sp³-hybridized carbons (Fsp3) is 0.941. The smallest absolute Gasteiger partial charge is 0.410 e. The lowest BCUT2D eigenvalue weighted by molar-refractivity contribution is 0.0169. The zero-order chi connectivity index (χ0) is 16.0. The van der Waals surface area contributed by atoms with E-state index in [1.165, 1.54) is 38.5 Å². The monoisotopic (exact) mass is 328 g/mol. The van der Waals surface area contributed by atoms with Gasteiger partial charge in [0.05, 0.1) is 0 Å². The summed E-state index contributed by atoms with van der Waals surface area (Å²) in [5, 5.41) is 0.791. The van der Waals surface area contributed by atoms with Crippen LogP contribution in [0.25, 0.3) is 0 Å². The summed E-state index contributed by atoms with van der Waals surface area (Å²) >= 11 is 1.93. The van der Waals surface area contributed by atoms with Gasteiger partial charge >= 0.3 is 6.09 Å². The molecule has 1 N–H and O–H groups in total. The SMILES string of the molecule is CC(C)(C)OC(=O)N1CCCC(CNSC2CCCCC2)C1. The fourth-order valence-corrected chi connectivity index (χ4v) is 4.33. The maximum absolute atomic E-state index is 12.2. The van der Waals surface area contributed by atoms with E-state index in [4.69, 9.17) is 4.74 Å². The van der Waals surface area contributed by atoms with Crippen LogP contribution in [0.5, 0.6) is 0 Å². The maximum atomic E-state index is 12.2. The van der Waals surface area contributed by atoms with Crippen molar-refractivity contribution >= 4 is 18.0 Å². The third kappa shape index (κ3) is 6.37. The van der Waals surface area contributed by atoms with Crippen molar-refractivity contribution in [1.82, 2.24) is 9.62 Å². The Morgan fingerprint density at radius 1 is 1.18 bits per heavy atom. The normalized spacial score (nSPS) is 24.3. The van der Waals surface area contributed by atoms with Crippen molar-refractivity contribution in [2.75, 3.05) is 19.6 Å². The van der Waals surface area contributed by atoms with Crippen LogP contribution >= 0.6 is 11.9 Å². The molecule has 1 heterocycles. The summed E-state index contributed by atoms with van der Waals surface area (Å²) in [6, 6.07) is 0. The number of carbonyl (C=O) groups excluding carboxylic acids is 1. The number of amides is 1. The first kappa shape index (κ1) is 17.9. The third-order valence-corrected chi connectivity index (χ3v) is 5.48. The molecule has 2 rings (SSSR count). The summed E-state index contributed by atoms with van der Waals surface area (Å²) in [6.45, 7) is 8.44. The van der Waals surface area contributed by atoms with Gasteiger partial charge in [0, 0.05) is 24.9 Å². The minimum atomic E-state index is -0.404. The summed E-state index contributed by atoms with van der Waals surface area (Å²) in [5.41, 5.74) is -0.404. The highest BCUT2D eigenvalue weighted by Gasteiger charge is 2.27. The maximum Gasteiger partial charge on any atom is 0.410 e. The lowest BCUT2D eigenvalue weighted by Gasteiger charge is -2.34. The number of carbonyl (C=O) groups is 1. The van der Waals surface area contributed by atoms with Crippen molar-refractivity contribution in [2.24, 2.45) is 5.92 Å². The van der Waals surface area contributed by atoms with Gasteiger partial charge in [-0.05, 0) is 52.4 Å². The van der Waals surface area contributed by atoms with Crippen LogP contribution in [-0.2, 0) is 4.74 Å². The van der Waals surface area contributed by atoms with Crippen LogP contribution in [0.4, 0.5) is 4.79 Å². The lowest BCUT2D eigenvalue weighted by Crippen LogP contribution is -2.44. The lowest BCUT2D eigenvalue weighted by atomic mass is 9.99. The van der Waals surface area contributed by atoms with Crippen LogP contribution < -0.4 is 4.72 Å². The van der Waals surface area contributed by atoms with E-state index in [2.05, 4.69) is 4.72 Å². The van der Waals surface area contributed by atoms with Gasteiger partial charge in [0.2, 0.25) is 0 Å². The van der Waals surface area contributed by atoms with Crippen molar-refractivity contribution < 1.29 is 9.53 Å². The Hall–Kier alpha value is -0.420. The highest BCUT2D eigenvalue weighted by atomic mass is 32.2. The molecule has 5 heteroatoms. The number of hydrogen-bond donors (Lipinski definition) is 1. The van der Waals surface area contributed by atoms with Crippen molar-refractivity contribution in [3.63, 3.8) is 0 Å². The molecule has 4 nitrogen and oxygen atoms in total. The standard InChI is InChI=1S/C17H32N2O2S/c1-17(2,3)21-16(20)19-11-7-8-14(13-19)12-18-22-15-9-5-4-6-10-15/h14-15,18H,4-13H2,1-3H3. The molecule has 1 saturated carbocycles. The Kier molecular flexibility index (Phi) is 6.87. The third-order valence-electron chi connectivity index (χ3n) is 4.34. The summed E-state index contributed by atoms with van der Waals surface area (Å²) in [7, 11) is 0. The van der Waals surface area contributed by atoms with Crippen molar-refractivity contribution in [1.29, 1.82) is 0 Å². The van der Waals surface area contributed by atoms with E-state index in [0.717, 1.165) is 31.3 Å². The van der Waals surface area contributed by atoms with Gasteiger partial charge in [-0.25, -0.2) is 4.79 Å². The van der Waals surface area contributed by atoms with Gasteiger partial charge in [-0.1, -0.05) is 31.2 Å². The van der Waals surface area contributed by atoms with E-state index in [1.807, 2.05) is 37.6 Å². The first-order valence-corrected chi connectivity index (χ1v) is 9.68. The molecule has 0 aromatic rings. The molecule has 1 aliphatic heterocycles. The fourth-order valence-electron chi connectivity index (χ4n) is 3.19. The molecule has 1 saturated heterocycles. The van der Waals surface area contributed by atoms with Crippen molar-refractivity contribution in [3.8, 4) is 0 Å². The molecule has 0 radical (unpaired) electrons. The molecule has 1 aliphatic carbocycles. The van der Waals surface area contributed by atoms with Crippen molar-refractivity contribution in [3.05, 3.63) is 0 Å². The molecular formula is C17H32N2O2S. The Balaban J connectivity index is 1.67. The van der Waals surface area contributed by atoms with E-state index in [0.29, 0.717) is 5.92 Å². The predicted octanol–water partition coefficient (Wildman–Crippen LogP) is 4.20. The van der Waals surface area contributed by atoms with E-state index >= 15 is 0 Å². The molecule has 1 atom stereocenters. The second-order valence-corrected chi connectivity index (χ2v) is 8.85. The summed E-state index contributed by atoms with van der Waals surface area (Å²) in [5.74, 6) is 0.553. The van der Waals surface area contributed by atoms with E-state index in [-0.39, 0.29) is 6.09 Å². The molecule has 0 spiro atoms. The molecular weight excluding hydrogens is 296 g/mol. The first-order valence-electron chi connectivity index (χ1n) is 8.80. The van der Waals surface area contributed by atoms with Gasteiger partial charge in [0.1, 0.15) is 5.60 Å². The highest BCUT2D eigenvalue weighted by Crippen LogP contribution is 2.27. The largest absolute Gasteiger partial charge is 0.444 e. The van der Waals surface area contributed by atoms with Gasteiger partial charge in [-0.3, -0.25) is 4.72 Å². The number of hydrogen-bond acceptors (Lipinski definition) is 4. The second-order valence-electron chi connectivity index (χ2n) is 7.66. The zero-order valence-corrected chi connectivity index (χ0v) is 15.2. The van der Waals surface area contributed by atoms with Gasteiger partial charge in [-0.15, -0.1) is 0 Å². The first-order chi connectivity index (χ1) is 10.4. The van der Waals surface area contributed by atoms with E-state index in [9.17, 15) is 4.79 Å². The zero-order valence-electron chi connectivity index (χ0n) is 14.4. The van der Waals surface area contributed by atoms with Gasteiger partial charge in [-0.2, -0.15) is 0 Å². The number of likely N-dealkylation sites (tertiary alicyclic amines) is 1. The molecule has 0 aromatic carbocycles. The minimum Gasteiger partial charge on any atom is -0.444 e. The number of rotatable bonds is 4. The summed E-state index contributed by atoms with van der Waals surface area (Å²) in [4.78, 5) is 14.0. The van der Waals surface area contributed by atoms with Crippen LogP contribution in [0, 0.1) is 5.92 Å². The van der Waals surface area contributed by atoms with E-state index in [1.54, 1.807) is 0 Å². The minimum absolute atomic E-state index is 0.155. The van der Waals surface area contributed by atoms with Gasteiger partial charge < -0.3 is 9.64 Å². The Bertz CT molecular complexity index is 351. The summed E-state index contributed by atoms with van der Waals surface area (Å²) < 4.78 is 9.06.